The lowest BCUT2D eigenvalue weighted by molar-refractivity contribution is -0.228. The third kappa shape index (κ3) is 3.06. The second-order valence-electron chi connectivity index (χ2n) is 15.4. The van der Waals surface area contributed by atoms with Crippen LogP contribution in [0.25, 0.3) is 0 Å². The standard InChI is InChI=1S/C31H52O4/c1-26(2)17-20-19-9-10-22-28(4)13-12-23(33)29(5,18-32)21(28)11-14-31(22,7)30(19,6)16-15-27(20,3)25(35-8)24(26)34/h9,20-25,32-34H,10-18H2,1-8H3/t20-,21?,22-,23+,24+,25-,27-,28+,29+,30-,31-/m1/s1. The third-order valence-electron chi connectivity index (χ3n) is 13.7. The van der Waals surface area contributed by atoms with Crippen LogP contribution in [0.2, 0.25) is 0 Å². The smallest absolute Gasteiger partial charge is 0.0894 e. The SMILES string of the molecule is CO[C@@H]1[C@H](O)C(C)(C)C[C@@H]2C3=CC[C@@H]4[C@@]5(C)CC[C@H](O)[C@@](C)(CO)C5CC[C@@]4(C)[C@]3(C)CC[C@]21C. The summed E-state index contributed by atoms with van der Waals surface area (Å²) < 4.78 is 6.06. The van der Waals surface area contributed by atoms with Gasteiger partial charge in [-0.3, -0.25) is 0 Å². The molecule has 0 saturated heterocycles. The van der Waals surface area contributed by atoms with Crippen LogP contribution in [-0.2, 0) is 4.74 Å². The largest absolute Gasteiger partial charge is 0.396 e. The zero-order valence-electron chi connectivity index (χ0n) is 23.7. The van der Waals surface area contributed by atoms with E-state index >= 15 is 0 Å². The highest BCUT2D eigenvalue weighted by atomic mass is 16.5. The fourth-order valence-corrected chi connectivity index (χ4v) is 11.1. The summed E-state index contributed by atoms with van der Waals surface area (Å²) in [6.45, 7) is 16.7. The van der Waals surface area contributed by atoms with Gasteiger partial charge in [0.05, 0.1) is 24.9 Å². The molecule has 0 radical (unpaired) electrons. The minimum Gasteiger partial charge on any atom is -0.396 e. The first-order valence-electron chi connectivity index (χ1n) is 14.4. The molecule has 3 N–H and O–H groups in total. The van der Waals surface area contributed by atoms with E-state index in [0.717, 1.165) is 51.4 Å². The van der Waals surface area contributed by atoms with Gasteiger partial charge in [0.15, 0.2) is 0 Å². The molecule has 0 amide bonds. The molecule has 200 valence electrons. The molecule has 0 aromatic heterocycles. The molecule has 5 aliphatic rings. The molecule has 0 heterocycles. The number of hydrogen-bond donors (Lipinski definition) is 3. The lowest BCUT2D eigenvalue weighted by Gasteiger charge is -2.72. The van der Waals surface area contributed by atoms with Gasteiger partial charge in [0, 0.05) is 17.9 Å². The van der Waals surface area contributed by atoms with Gasteiger partial charge in [0.2, 0.25) is 0 Å². The van der Waals surface area contributed by atoms with Crippen LogP contribution in [0.5, 0.6) is 0 Å². The van der Waals surface area contributed by atoms with Crippen molar-refractivity contribution < 1.29 is 20.1 Å². The Kier molecular flexibility index (Phi) is 5.84. The van der Waals surface area contributed by atoms with Crippen molar-refractivity contribution in [1.29, 1.82) is 0 Å². The van der Waals surface area contributed by atoms with Gasteiger partial charge in [-0.25, -0.2) is 0 Å². The quantitative estimate of drug-likeness (QED) is 0.434. The van der Waals surface area contributed by atoms with Crippen LogP contribution in [0, 0.1) is 50.2 Å². The Bertz CT molecular complexity index is 896. The molecule has 0 aromatic rings. The highest BCUT2D eigenvalue weighted by Crippen LogP contribution is 2.75. The van der Waals surface area contributed by atoms with Crippen molar-refractivity contribution in [2.24, 2.45) is 50.2 Å². The molecule has 4 fully saturated rings. The van der Waals surface area contributed by atoms with Gasteiger partial charge in [-0.1, -0.05) is 60.1 Å². The van der Waals surface area contributed by atoms with Crippen molar-refractivity contribution in [2.75, 3.05) is 13.7 Å². The topological polar surface area (TPSA) is 69.9 Å². The summed E-state index contributed by atoms with van der Waals surface area (Å²) in [6, 6.07) is 0. The molecule has 35 heavy (non-hydrogen) atoms. The Morgan fingerprint density at radius 1 is 0.886 bits per heavy atom. The van der Waals surface area contributed by atoms with Gasteiger partial charge < -0.3 is 20.1 Å². The highest BCUT2D eigenvalue weighted by molar-refractivity contribution is 5.34. The van der Waals surface area contributed by atoms with E-state index < -0.39 is 17.6 Å². The maximum atomic E-state index is 11.3. The second-order valence-corrected chi connectivity index (χ2v) is 15.4. The Hall–Kier alpha value is -0.420. The van der Waals surface area contributed by atoms with Gasteiger partial charge >= 0.3 is 0 Å². The maximum Gasteiger partial charge on any atom is 0.0894 e. The molecule has 5 aliphatic carbocycles. The lowest BCUT2D eigenvalue weighted by Crippen LogP contribution is -2.67. The van der Waals surface area contributed by atoms with E-state index in [1.54, 1.807) is 12.7 Å². The number of methoxy groups -OCH3 is 1. The van der Waals surface area contributed by atoms with Crippen LogP contribution < -0.4 is 0 Å². The first kappa shape index (κ1) is 26.2. The molecular weight excluding hydrogens is 436 g/mol. The average Bonchev–Trinajstić information content (AvgIpc) is 2.79. The minimum absolute atomic E-state index is 0.0380. The van der Waals surface area contributed by atoms with E-state index in [0.29, 0.717) is 17.8 Å². The summed E-state index contributed by atoms with van der Waals surface area (Å²) in [5, 5.41) is 32.7. The number of fused-ring (bicyclic) bond motifs is 7. The molecule has 0 aliphatic heterocycles. The summed E-state index contributed by atoms with van der Waals surface area (Å²) in [7, 11) is 1.79. The second kappa shape index (κ2) is 7.80. The fraction of sp³-hybridized carbons (Fsp3) is 0.935. The summed E-state index contributed by atoms with van der Waals surface area (Å²) in [5.41, 5.74) is 1.50. The predicted octanol–water partition coefficient (Wildman–Crippen LogP) is 5.74. The molecule has 4 heteroatoms. The molecule has 0 spiro atoms. The van der Waals surface area contributed by atoms with Crippen LogP contribution in [0.15, 0.2) is 11.6 Å². The van der Waals surface area contributed by atoms with Gasteiger partial charge in [0.25, 0.3) is 0 Å². The molecule has 4 nitrogen and oxygen atoms in total. The third-order valence-corrected chi connectivity index (χ3v) is 13.7. The van der Waals surface area contributed by atoms with E-state index in [9.17, 15) is 15.3 Å². The summed E-state index contributed by atoms with van der Waals surface area (Å²) in [5.74, 6) is 1.35. The van der Waals surface area contributed by atoms with Crippen LogP contribution in [0.4, 0.5) is 0 Å². The van der Waals surface area contributed by atoms with Crippen LogP contribution in [0.3, 0.4) is 0 Å². The van der Waals surface area contributed by atoms with Crippen molar-refractivity contribution in [2.45, 2.75) is 118 Å². The molecule has 11 atom stereocenters. The van der Waals surface area contributed by atoms with Gasteiger partial charge in [0.1, 0.15) is 0 Å². The molecular formula is C31H52O4. The minimum atomic E-state index is -0.440. The van der Waals surface area contributed by atoms with E-state index in [4.69, 9.17) is 4.74 Å². The molecule has 0 bridgehead atoms. The van der Waals surface area contributed by atoms with Crippen LogP contribution in [-0.4, -0.2) is 47.3 Å². The molecule has 0 aromatic carbocycles. The molecule has 1 unspecified atom stereocenters. The normalized spacial score (nSPS) is 57.3. The zero-order chi connectivity index (χ0) is 25.8. The van der Waals surface area contributed by atoms with Crippen molar-refractivity contribution in [3.05, 3.63) is 11.6 Å². The van der Waals surface area contributed by atoms with E-state index in [-0.39, 0.29) is 39.8 Å². The number of allylic oxidation sites excluding steroid dienone is 2. The molecule has 4 saturated carbocycles. The van der Waals surface area contributed by atoms with Crippen LogP contribution >= 0.6 is 0 Å². The van der Waals surface area contributed by atoms with Gasteiger partial charge in [-0.15, -0.1) is 0 Å². The highest BCUT2D eigenvalue weighted by Gasteiger charge is 2.69. The van der Waals surface area contributed by atoms with Crippen molar-refractivity contribution in [1.82, 2.24) is 0 Å². The average molecular weight is 489 g/mol. The van der Waals surface area contributed by atoms with Crippen molar-refractivity contribution in [3.63, 3.8) is 0 Å². The van der Waals surface area contributed by atoms with Gasteiger partial charge in [-0.05, 0) is 90.8 Å². The van der Waals surface area contributed by atoms with E-state index in [1.807, 2.05) is 0 Å². The van der Waals surface area contributed by atoms with E-state index in [2.05, 4.69) is 54.5 Å². The lowest BCUT2D eigenvalue weighted by atomic mass is 9.33. The number of aliphatic hydroxyl groups excluding tert-OH is 3. The Morgan fingerprint density at radius 2 is 1.57 bits per heavy atom. The van der Waals surface area contributed by atoms with Gasteiger partial charge in [-0.2, -0.15) is 0 Å². The Balaban J connectivity index is 1.58. The number of ether oxygens (including phenoxy) is 1. The fourth-order valence-electron chi connectivity index (χ4n) is 11.1. The predicted molar refractivity (Wildman–Crippen MR) is 140 cm³/mol. The van der Waals surface area contributed by atoms with Crippen LogP contribution in [0.1, 0.15) is 99.8 Å². The molecule has 5 rings (SSSR count). The van der Waals surface area contributed by atoms with E-state index in [1.165, 1.54) is 0 Å². The monoisotopic (exact) mass is 488 g/mol. The zero-order valence-corrected chi connectivity index (χ0v) is 23.7. The maximum absolute atomic E-state index is 11.3. The first-order chi connectivity index (χ1) is 16.2. The number of hydrogen-bond acceptors (Lipinski definition) is 4. The Morgan fingerprint density at radius 3 is 2.20 bits per heavy atom. The Labute approximate surface area is 213 Å². The summed E-state index contributed by atoms with van der Waals surface area (Å²) >= 11 is 0. The number of rotatable bonds is 2. The van der Waals surface area contributed by atoms with Crippen molar-refractivity contribution >= 4 is 0 Å². The number of aliphatic hydroxyl groups is 3. The summed E-state index contributed by atoms with van der Waals surface area (Å²) in [4.78, 5) is 0. The first-order valence-corrected chi connectivity index (χ1v) is 14.4. The summed E-state index contributed by atoms with van der Waals surface area (Å²) in [6.07, 6.45) is 10.1. The van der Waals surface area contributed by atoms with Crippen molar-refractivity contribution in [3.8, 4) is 0 Å².